The number of fused-ring (bicyclic) bond motifs is 1. The summed E-state index contributed by atoms with van der Waals surface area (Å²) in [5.41, 5.74) is 4.56. The molecule has 1 saturated heterocycles. The van der Waals surface area contributed by atoms with E-state index in [0.29, 0.717) is 30.1 Å². The van der Waals surface area contributed by atoms with Crippen molar-refractivity contribution in [2.24, 2.45) is 0 Å². The number of carbonyl (C=O) groups is 1. The van der Waals surface area contributed by atoms with Gasteiger partial charge in [0, 0.05) is 54.7 Å². The molecule has 3 aromatic rings. The summed E-state index contributed by atoms with van der Waals surface area (Å²) in [7, 11) is 0. The number of halogens is 1. The number of hydrogen-bond acceptors (Lipinski definition) is 5. The van der Waals surface area contributed by atoms with E-state index in [2.05, 4.69) is 15.3 Å². The van der Waals surface area contributed by atoms with Gasteiger partial charge in [0.1, 0.15) is 0 Å². The van der Waals surface area contributed by atoms with Crippen molar-refractivity contribution >= 4 is 23.5 Å². The summed E-state index contributed by atoms with van der Waals surface area (Å²) in [6.45, 7) is 2.69. The molecule has 5 rings (SSSR count). The van der Waals surface area contributed by atoms with Gasteiger partial charge in [-0.3, -0.25) is 4.79 Å². The number of rotatable bonds is 5. The predicted octanol–water partition coefficient (Wildman–Crippen LogP) is 4.54. The van der Waals surface area contributed by atoms with Gasteiger partial charge in [0.25, 0.3) is 5.91 Å². The molecule has 2 aliphatic heterocycles. The number of carbonyl (C=O) groups excluding carboxylic acids is 1. The second kappa shape index (κ2) is 8.65. The quantitative estimate of drug-likeness (QED) is 0.638. The highest BCUT2D eigenvalue weighted by Crippen LogP contribution is 2.29. The molecule has 2 aromatic carbocycles. The largest absolute Gasteiger partial charge is 0.381 e. The summed E-state index contributed by atoms with van der Waals surface area (Å²) < 4.78 is 5.41. The first kappa shape index (κ1) is 20.0. The average molecular weight is 435 g/mol. The van der Waals surface area contributed by atoms with E-state index in [1.54, 1.807) is 6.20 Å². The molecule has 0 saturated carbocycles. The van der Waals surface area contributed by atoms with E-state index in [4.69, 9.17) is 16.3 Å². The highest BCUT2D eigenvalue weighted by Gasteiger charge is 2.27. The standard InChI is InChI=1S/C24H23ClN4O2/c25-19-5-1-16(2-6-19)14-29-15-18-4-3-17(13-21(18)23(29)30)22-7-10-26-24(28-22)27-20-8-11-31-12-9-20/h1-7,10,13,20H,8-9,11-12,14-15H2,(H,26,27,28). The molecule has 6 nitrogen and oxygen atoms in total. The Balaban J connectivity index is 1.33. The molecule has 2 aliphatic rings. The molecular weight excluding hydrogens is 412 g/mol. The number of ether oxygens (including phenoxy) is 1. The molecule has 0 unspecified atom stereocenters. The molecule has 1 amide bonds. The number of nitrogens with one attached hydrogen (secondary N) is 1. The van der Waals surface area contributed by atoms with E-state index in [-0.39, 0.29) is 5.91 Å². The van der Waals surface area contributed by atoms with Gasteiger partial charge in [-0.25, -0.2) is 9.97 Å². The van der Waals surface area contributed by atoms with E-state index >= 15 is 0 Å². The van der Waals surface area contributed by atoms with Crippen LogP contribution in [-0.4, -0.2) is 40.0 Å². The van der Waals surface area contributed by atoms with Crippen molar-refractivity contribution in [1.82, 2.24) is 14.9 Å². The van der Waals surface area contributed by atoms with Gasteiger partial charge >= 0.3 is 0 Å². The molecule has 1 aromatic heterocycles. The van der Waals surface area contributed by atoms with E-state index < -0.39 is 0 Å². The zero-order chi connectivity index (χ0) is 21.2. The third-order valence-electron chi connectivity index (χ3n) is 5.78. The highest BCUT2D eigenvalue weighted by atomic mass is 35.5. The highest BCUT2D eigenvalue weighted by molar-refractivity contribution is 6.30. The Bertz CT molecular complexity index is 1100. The first-order chi connectivity index (χ1) is 15.2. The Hall–Kier alpha value is -2.96. The molecule has 1 fully saturated rings. The van der Waals surface area contributed by atoms with Gasteiger partial charge in [-0.05, 0) is 48.2 Å². The number of hydrogen-bond donors (Lipinski definition) is 1. The van der Waals surface area contributed by atoms with E-state index in [9.17, 15) is 4.79 Å². The summed E-state index contributed by atoms with van der Waals surface area (Å²) in [4.78, 5) is 23.9. The molecule has 0 spiro atoms. The number of amides is 1. The Kier molecular flexibility index (Phi) is 5.57. The van der Waals surface area contributed by atoms with Gasteiger partial charge in [-0.15, -0.1) is 0 Å². The minimum Gasteiger partial charge on any atom is -0.381 e. The second-order valence-corrected chi connectivity index (χ2v) is 8.39. The Morgan fingerprint density at radius 1 is 1.10 bits per heavy atom. The molecule has 3 heterocycles. The van der Waals surface area contributed by atoms with Gasteiger partial charge in [-0.2, -0.15) is 0 Å². The molecule has 31 heavy (non-hydrogen) atoms. The zero-order valence-electron chi connectivity index (χ0n) is 17.1. The lowest BCUT2D eigenvalue weighted by Crippen LogP contribution is -2.28. The Labute approximate surface area is 186 Å². The number of aromatic nitrogens is 2. The van der Waals surface area contributed by atoms with E-state index in [1.165, 1.54) is 0 Å². The number of nitrogens with zero attached hydrogens (tertiary/aromatic N) is 3. The van der Waals surface area contributed by atoms with Crippen LogP contribution in [-0.2, 0) is 17.8 Å². The van der Waals surface area contributed by atoms with Crippen LogP contribution >= 0.6 is 11.6 Å². The normalized spacial score (nSPS) is 16.4. The fraction of sp³-hybridized carbons (Fsp3) is 0.292. The van der Waals surface area contributed by atoms with Crippen molar-refractivity contribution in [3.05, 3.63) is 76.4 Å². The number of anilines is 1. The molecule has 0 bridgehead atoms. The maximum Gasteiger partial charge on any atom is 0.254 e. The lowest BCUT2D eigenvalue weighted by atomic mass is 10.0. The van der Waals surface area contributed by atoms with E-state index in [1.807, 2.05) is 53.4 Å². The molecule has 158 valence electrons. The van der Waals surface area contributed by atoms with Crippen molar-refractivity contribution in [2.45, 2.75) is 32.0 Å². The van der Waals surface area contributed by atoms with Crippen LogP contribution in [0.25, 0.3) is 11.3 Å². The van der Waals surface area contributed by atoms with Crippen LogP contribution in [0.1, 0.15) is 34.3 Å². The lowest BCUT2D eigenvalue weighted by Gasteiger charge is -2.23. The van der Waals surface area contributed by atoms with Crippen LogP contribution in [0.3, 0.4) is 0 Å². The van der Waals surface area contributed by atoms with E-state index in [0.717, 1.165) is 54.0 Å². The summed E-state index contributed by atoms with van der Waals surface area (Å²) in [5, 5.41) is 4.10. The summed E-state index contributed by atoms with van der Waals surface area (Å²) in [6.07, 6.45) is 3.65. The van der Waals surface area contributed by atoms with Crippen molar-refractivity contribution in [3.63, 3.8) is 0 Å². The molecule has 0 radical (unpaired) electrons. The van der Waals surface area contributed by atoms with Gasteiger partial charge in [0.2, 0.25) is 5.95 Å². The first-order valence-electron chi connectivity index (χ1n) is 10.5. The van der Waals surface area contributed by atoms with Crippen molar-refractivity contribution < 1.29 is 9.53 Å². The summed E-state index contributed by atoms with van der Waals surface area (Å²) >= 11 is 5.97. The molecule has 7 heteroatoms. The second-order valence-electron chi connectivity index (χ2n) is 7.96. The molecule has 0 aliphatic carbocycles. The smallest absolute Gasteiger partial charge is 0.254 e. The minimum absolute atomic E-state index is 0.0430. The number of benzene rings is 2. The predicted molar refractivity (Wildman–Crippen MR) is 120 cm³/mol. The molecular formula is C24H23ClN4O2. The van der Waals surface area contributed by atoms with Crippen molar-refractivity contribution in [2.75, 3.05) is 18.5 Å². The van der Waals surface area contributed by atoms with Crippen LogP contribution in [0.5, 0.6) is 0 Å². The van der Waals surface area contributed by atoms with Crippen molar-refractivity contribution in [1.29, 1.82) is 0 Å². The first-order valence-corrected chi connectivity index (χ1v) is 10.9. The lowest BCUT2D eigenvalue weighted by molar-refractivity contribution is 0.0766. The van der Waals surface area contributed by atoms with Gasteiger partial charge < -0.3 is 15.0 Å². The summed E-state index contributed by atoms with van der Waals surface area (Å²) in [5.74, 6) is 0.655. The minimum atomic E-state index is 0.0430. The maximum atomic E-state index is 13.0. The van der Waals surface area contributed by atoms with Gasteiger partial charge in [-0.1, -0.05) is 35.9 Å². The Morgan fingerprint density at radius 2 is 1.90 bits per heavy atom. The van der Waals surface area contributed by atoms with Crippen LogP contribution < -0.4 is 5.32 Å². The topological polar surface area (TPSA) is 67.3 Å². The zero-order valence-corrected chi connectivity index (χ0v) is 17.8. The third-order valence-corrected chi connectivity index (χ3v) is 6.03. The monoisotopic (exact) mass is 434 g/mol. The maximum absolute atomic E-state index is 13.0. The fourth-order valence-corrected chi connectivity index (χ4v) is 4.20. The van der Waals surface area contributed by atoms with Crippen LogP contribution in [0, 0.1) is 0 Å². The van der Waals surface area contributed by atoms with Crippen LogP contribution in [0.15, 0.2) is 54.7 Å². The van der Waals surface area contributed by atoms with Gasteiger partial charge in [0.05, 0.1) is 5.69 Å². The Morgan fingerprint density at radius 3 is 2.71 bits per heavy atom. The molecule has 0 atom stereocenters. The fourth-order valence-electron chi connectivity index (χ4n) is 4.07. The SMILES string of the molecule is O=C1c2cc(-c3ccnc(NC4CCOCC4)n3)ccc2CN1Cc1ccc(Cl)cc1. The van der Waals surface area contributed by atoms with Crippen molar-refractivity contribution in [3.8, 4) is 11.3 Å². The van der Waals surface area contributed by atoms with Gasteiger partial charge in [0.15, 0.2) is 0 Å². The summed E-state index contributed by atoms with van der Waals surface area (Å²) in [6, 6.07) is 15.8. The van der Waals surface area contributed by atoms with Crippen LogP contribution in [0.2, 0.25) is 5.02 Å². The molecule has 1 N–H and O–H groups in total. The third kappa shape index (κ3) is 4.40. The van der Waals surface area contributed by atoms with Crippen LogP contribution in [0.4, 0.5) is 5.95 Å². The average Bonchev–Trinajstić information content (AvgIpc) is 3.11.